The number of halogens is 1. The molecule has 0 radical (unpaired) electrons. The number of ether oxygens (including phenoxy) is 1. The lowest BCUT2D eigenvalue weighted by Crippen LogP contribution is -2.47. The molecule has 1 aliphatic carbocycles. The second-order valence-corrected chi connectivity index (χ2v) is 8.28. The van der Waals surface area contributed by atoms with Gasteiger partial charge >= 0.3 is 0 Å². The highest BCUT2D eigenvalue weighted by Gasteiger charge is 2.55. The molecule has 3 rings (SSSR count). The summed E-state index contributed by atoms with van der Waals surface area (Å²) in [6, 6.07) is 5.87. The molecule has 2 aliphatic rings. The van der Waals surface area contributed by atoms with Crippen molar-refractivity contribution in [3.8, 4) is 12.3 Å². The Hall–Kier alpha value is -2.72. The number of hydrogen-bond acceptors (Lipinski definition) is 4. The number of amides is 3. The van der Waals surface area contributed by atoms with E-state index in [0.29, 0.717) is 0 Å². The van der Waals surface area contributed by atoms with Gasteiger partial charge in [0.15, 0.2) is 0 Å². The summed E-state index contributed by atoms with van der Waals surface area (Å²) < 4.78 is 19.9. The van der Waals surface area contributed by atoms with E-state index >= 15 is 0 Å². The Kier molecular flexibility index (Phi) is 7.45. The minimum Gasteiger partial charge on any atom is -0.383 e. The number of benzene rings is 1. The van der Waals surface area contributed by atoms with Crippen LogP contribution in [0.5, 0.6) is 0 Å². The summed E-state index contributed by atoms with van der Waals surface area (Å²) >= 11 is 0. The normalized spacial score (nSPS) is 21.9. The highest BCUT2D eigenvalue weighted by Crippen LogP contribution is 2.41. The highest BCUT2D eigenvalue weighted by atomic mass is 19.1. The third-order valence-electron chi connectivity index (χ3n) is 6.37. The maximum absolute atomic E-state index is 14.9. The Morgan fingerprint density at radius 3 is 2.65 bits per heavy atom. The SMILES string of the molecule is C#CCN(C(=O)CC1(c2ccccc2F)CC(=O)N(CCOC)C1=O)C1CCCCC1. The maximum atomic E-state index is 14.9. The molecule has 0 aromatic heterocycles. The van der Waals surface area contributed by atoms with Crippen LogP contribution in [0.1, 0.15) is 50.5 Å². The van der Waals surface area contributed by atoms with E-state index in [4.69, 9.17) is 11.2 Å². The summed E-state index contributed by atoms with van der Waals surface area (Å²) in [5.74, 6) is 0.632. The van der Waals surface area contributed by atoms with Crippen molar-refractivity contribution in [3.05, 3.63) is 35.6 Å². The van der Waals surface area contributed by atoms with E-state index in [-0.39, 0.29) is 50.1 Å². The van der Waals surface area contributed by atoms with Crippen LogP contribution in [0, 0.1) is 18.2 Å². The number of nitrogens with zero attached hydrogens (tertiary/aromatic N) is 2. The third-order valence-corrected chi connectivity index (χ3v) is 6.37. The molecule has 1 saturated carbocycles. The highest BCUT2D eigenvalue weighted by molar-refractivity contribution is 6.10. The summed E-state index contributed by atoms with van der Waals surface area (Å²) in [4.78, 5) is 42.4. The quantitative estimate of drug-likeness (QED) is 0.472. The molecule has 2 fully saturated rings. The Morgan fingerprint density at radius 1 is 1.29 bits per heavy atom. The first-order chi connectivity index (χ1) is 14.9. The van der Waals surface area contributed by atoms with E-state index in [1.165, 1.54) is 25.3 Å². The first-order valence-electron chi connectivity index (χ1n) is 10.8. The number of hydrogen-bond donors (Lipinski definition) is 0. The van der Waals surface area contributed by atoms with E-state index < -0.39 is 23.0 Å². The van der Waals surface area contributed by atoms with Crippen LogP contribution in [0.3, 0.4) is 0 Å². The number of likely N-dealkylation sites (tertiary alicyclic amines) is 1. The van der Waals surface area contributed by atoms with Gasteiger partial charge in [-0.15, -0.1) is 6.42 Å². The largest absolute Gasteiger partial charge is 0.383 e. The van der Waals surface area contributed by atoms with Crippen molar-refractivity contribution in [2.45, 2.75) is 56.4 Å². The number of terminal acetylenes is 1. The van der Waals surface area contributed by atoms with Crippen LogP contribution in [0.4, 0.5) is 4.39 Å². The zero-order valence-corrected chi connectivity index (χ0v) is 17.9. The molecule has 1 atom stereocenters. The van der Waals surface area contributed by atoms with Gasteiger partial charge in [0.2, 0.25) is 17.7 Å². The van der Waals surface area contributed by atoms with E-state index in [1.807, 2.05) is 0 Å². The van der Waals surface area contributed by atoms with Gasteiger partial charge in [0.25, 0.3) is 0 Å². The molecule has 1 unspecified atom stereocenters. The first kappa shape index (κ1) is 23.0. The Bertz CT molecular complexity index is 875. The molecule has 166 valence electrons. The molecule has 1 aromatic carbocycles. The lowest BCUT2D eigenvalue weighted by molar-refractivity contribution is -0.143. The van der Waals surface area contributed by atoms with Crippen LogP contribution in [0.25, 0.3) is 0 Å². The van der Waals surface area contributed by atoms with Gasteiger partial charge in [-0.05, 0) is 18.9 Å². The van der Waals surface area contributed by atoms with Gasteiger partial charge < -0.3 is 9.64 Å². The van der Waals surface area contributed by atoms with Crippen molar-refractivity contribution in [2.24, 2.45) is 0 Å². The molecule has 7 heteroatoms. The Labute approximate surface area is 182 Å². The number of carbonyl (C=O) groups is 3. The third kappa shape index (κ3) is 4.64. The fourth-order valence-corrected chi connectivity index (χ4v) is 4.77. The second kappa shape index (κ2) is 10.1. The Morgan fingerprint density at radius 2 is 2.00 bits per heavy atom. The van der Waals surface area contributed by atoms with Crippen LogP contribution in [0.2, 0.25) is 0 Å². The van der Waals surface area contributed by atoms with Crippen molar-refractivity contribution in [1.82, 2.24) is 9.80 Å². The van der Waals surface area contributed by atoms with E-state index in [0.717, 1.165) is 37.0 Å². The predicted octanol–water partition coefficient (Wildman–Crippen LogP) is 2.65. The fourth-order valence-electron chi connectivity index (χ4n) is 4.77. The lowest BCUT2D eigenvalue weighted by atomic mass is 9.75. The van der Waals surface area contributed by atoms with E-state index in [1.54, 1.807) is 11.0 Å². The molecule has 31 heavy (non-hydrogen) atoms. The summed E-state index contributed by atoms with van der Waals surface area (Å²) in [5, 5.41) is 0. The lowest BCUT2D eigenvalue weighted by Gasteiger charge is -2.36. The smallest absolute Gasteiger partial charge is 0.241 e. The summed E-state index contributed by atoms with van der Waals surface area (Å²) in [5.41, 5.74) is -1.50. The minimum atomic E-state index is -1.57. The van der Waals surface area contributed by atoms with Crippen molar-refractivity contribution in [3.63, 3.8) is 0 Å². The topological polar surface area (TPSA) is 66.9 Å². The zero-order valence-electron chi connectivity index (χ0n) is 17.9. The van der Waals surface area contributed by atoms with Crippen LogP contribution in [0.15, 0.2) is 24.3 Å². The molecule has 0 spiro atoms. The summed E-state index contributed by atoms with van der Waals surface area (Å²) in [7, 11) is 1.47. The summed E-state index contributed by atoms with van der Waals surface area (Å²) in [6.45, 7) is 0.367. The van der Waals surface area contributed by atoms with Crippen LogP contribution >= 0.6 is 0 Å². The minimum absolute atomic E-state index is 0.00627. The first-order valence-corrected chi connectivity index (χ1v) is 10.8. The fraction of sp³-hybridized carbons (Fsp3) is 0.542. The van der Waals surface area contributed by atoms with Gasteiger partial charge in [-0.25, -0.2) is 4.39 Å². The molecular weight excluding hydrogens is 399 g/mol. The molecule has 6 nitrogen and oxygen atoms in total. The van der Waals surface area contributed by atoms with Crippen molar-refractivity contribution in [2.75, 3.05) is 26.8 Å². The average Bonchev–Trinajstić information content (AvgIpc) is 3.01. The van der Waals surface area contributed by atoms with Crippen LogP contribution < -0.4 is 0 Å². The van der Waals surface area contributed by atoms with Gasteiger partial charge in [0.05, 0.1) is 25.1 Å². The maximum Gasteiger partial charge on any atom is 0.241 e. The molecule has 3 amide bonds. The van der Waals surface area contributed by atoms with E-state index in [2.05, 4.69) is 5.92 Å². The number of methoxy groups -OCH3 is 1. The zero-order chi connectivity index (χ0) is 22.4. The molecular formula is C24H29FN2O4. The molecule has 1 aliphatic heterocycles. The number of rotatable bonds is 8. The molecule has 1 heterocycles. The van der Waals surface area contributed by atoms with Gasteiger partial charge in [-0.2, -0.15) is 0 Å². The predicted molar refractivity (Wildman–Crippen MR) is 113 cm³/mol. The van der Waals surface area contributed by atoms with Gasteiger partial charge in [-0.3, -0.25) is 19.3 Å². The molecule has 0 bridgehead atoms. The average molecular weight is 429 g/mol. The van der Waals surface area contributed by atoms with E-state index in [9.17, 15) is 18.8 Å². The number of carbonyl (C=O) groups excluding carboxylic acids is 3. The standard InChI is InChI=1S/C24H29FN2O4/c1-3-13-26(18-9-5-4-6-10-18)21(28)16-24(19-11-7-8-12-20(19)25)17-22(29)27(23(24)30)14-15-31-2/h1,7-8,11-12,18H,4-6,9-10,13-17H2,2H3. The number of imide groups is 1. The Balaban J connectivity index is 1.97. The van der Waals surface area contributed by atoms with Gasteiger partial charge in [-0.1, -0.05) is 43.4 Å². The van der Waals surface area contributed by atoms with Crippen molar-refractivity contribution >= 4 is 17.7 Å². The van der Waals surface area contributed by atoms with Crippen LogP contribution in [-0.2, 0) is 24.5 Å². The van der Waals surface area contributed by atoms with Gasteiger partial charge in [0.1, 0.15) is 5.82 Å². The monoisotopic (exact) mass is 428 g/mol. The second-order valence-electron chi connectivity index (χ2n) is 8.28. The molecule has 1 aromatic rings. The molecule has 1 saturated heterocycles. The van der Waals surface area contributed by atoms with Crippen LogP contribution in [-0.4, -0.2) is 60.4 Å². The summed E-state index contributed by atoms with van der Waals surface area (Å²) in [6.07, 6.45) is 9.84. The molecule has 0 N–H and O–H groups in total. The van der Waals surface area contributed by atoms with Gasteiger partial charge in [0, 0.05) is 31.6 Å². The van der Waals surface area contributed by atoms with Crippen molar-refractivity contribution in [1.29, 1.82) is 0 Å². The van der Waals surface area contributed by atoms with Crippen molar-refractivity contribution < 1.29 is 23.5 Å².